The number of guanidine groups is 1. The zero-order chi connectivity index (χ0) is 17.3. The first-order valence-electron chi connectivity index (χ1n) is 7.59. The van der Waals surface area contributed by atoms with E-state index in [-0.39, 0.29) is 11.6 Å². The molecule has 0 amide bonds. The maximum atomic E-state index is 13.6. The minimum atomic E-state index is -3.09. The van der Waals surface area contributed by atoms with Gasteiger partial charge < -0.3 is 10.2 Å². The van der Waals surface area contributed by atoms with E-state index in [9.17, 15) is 12.8 Å². The first kappa shape index (κ1) is 17.7. The lowest BCUT2D eigenvalue weighted by Gasteiger charge is -2.39. The molecule has 1 saturated heterocycles. The molecule has 23 heavy (non-hydrogen) atoms. The molecule has 1 aliphatic heterocycles. The Morgan fingerprint density at radius 3 is 2.70 bits per heavy atom. The number of sulfone groups is 1. The van der Waals surface area contributed by atoms with Crippen LogP contribution in [0, 0.1) is 12.7 Å². The summed E-state index contributed by atoms with van der Waals surface area (Å²) < 4.78 is 36.9. The van der Waals surface area contributed by atoms with Gasteiger partial charge >= 0.3 is 0 Å². The molecule has 128 valence electrons. The maximum Gasteiger partial charge on any atom is 0.193 e. The average molecular weight is 341 g/mol. The molecule has 0 unspecified atom stereocenters. The van der Waals surface area contributed by atoms with Gasteiger partial charge in [0.05, 0.1) is 10.5 Å². The number of benzene rings is 1. The summed E-state index contributed by atoms with van der Waals surface area (Å²) in [5.74, 6) is 0.512. The van der Waals surface area contributed by atoms with Crippen molar-refractivity contribution in [3.8, 4) is 0 Å². The highest BCUT2D eigenvalue weighted by Gasteiger charge is 2.40. The van der Waals surface area contributed by atoms with Gasteiger partial charge in [0.15, 0.2) is 15.8 Å². The topological polar surface area (TPSA) is 61.8 Å². The zero-order valence-electron chi connectivity index (χ0n) is 14.1. The average Bonchev–Trinajstić information content (AvgIpc) is 2.47. The zero-order valence-corrected chi connectivity index (χ0v) is 14.9. The standard InChI is InChI=1S/C16H24FN3O2S/c1-12-5-6-13(9-14(12)17)10-19-15(18-4)20-7-8-23(21,22)16(2,3)11-20/h5-6,9H,7-8,10-11H2,1-4H3,(H,18,19). The van der Waals surface area contributed by atoms with E-state index in [4.69, 9.17) is 0 Å². The third-order valence-corrected chi connectivity index (χ3v) is 6.77. The number of aliphatic imine (C=N–C) groups is 1. The molecule has 0 aliphatic carbocycles. The lowest BCUT2D eigenvalue weighted by molar-refractivity contribution is 0.353. The fourth-order valence-corrected chi connectivity index (χ4v) is 3.95. The van der Waals surface area contributed by atoms with Crippen LogP contribution in [0.1, 0.15) is 25.0 Å². The summed E-state index contributed by atoms with van der Waals surface area (Å²) >= 11 is 0. The third-order valence-electron chi connectivity index (χ3n) is 4.24. The van der Waals surface area contributed by atoms with Crippen molar-refractivity contribution in [2.75, 3.05) is 25.9 Å². The summed E-state index contributed by atoms with van der Waals surface area (Å²) in [4.78, 5) is 6.16. The highest BCUT2D eigenvalue weighted by atomic mass is 32.2. The SMILES string of the molecule is CN=C(NCc1ccc(C)c(F)c1)N1CCS(=O)(=O)C(C)(C)C1. The second-order valence-electron chi connectivity index (χ2n) is 6.48. The third kappa shape index (κ3) is 3.83. The van der Waals surface area contributed by atoms with Crippen molar-refractivity contribution in [1.82, 2.24) is 10.2 Å². The van der Waals surface area contributed by atoms with Crippen LogP contribution in [0.5, 0.6) is 0 Å². The van der Waals surface area contributed by atoms with Crippen molar-refractivity contribution in [1.29, 1.82) is 0 Å². The quantitative estimate of drug-likeness (QED) is 0.657. The molecular formula is C16H24FN3O2S. The molecule has 1 fully saturated rings. The first-order valence-corrected chi connectivity index (χ1v) is 9.24. The van der Waals surface area contributed by atoms with Gasteiger partial charge in [-0.2, -0.15) is 0 Å². The van der Waals surface area contributed by atoms with Crippen LogP contribution in [0.2, 0.25) is 0 Å². The maximum absolute atomic E-state index is 13.6. The summed E-state index contributed by atoms with van der Waals surface area (Å²) in [7, 11) is -1.43. The van der Waals surface area contributed by atoms with E-state index in [2.05, 4.69) is 10.3 Å². The van der Waals surface area contributed by atoms with Crippen molar-refractivity contribution in [2.45, 2.75) is 32.1 Å². The van der Waals surface area contributed by atoms with Gasteiger partial charge in [-0.05, 0) is 38.0 Å². The highest BCUT2D eigenvalue weighted by molar-refractivity contribution is 7.92. The number of rotatable bonds is 2. The van der Waals surface area contributed by atoms with Gasteiger partial charge in [0.2, 0.25) is 0 Å². The number of nitrogens with one attached hydrogen (secondary N) is 1. The second kappa shape index (κ2) is 6.47. The van der Waals surface area contributed by atoms with Gasteiger partial charge in [0.25, 0.3) is 0 Å². The number of hydrogen-bond donors (Lipinski definition) is 1. The van der Waals surface area contributed by atoms with Crippen LogP contribution in [0.25, 0.3) is 0 Å². The Balaban J connectivity index is 2.05. The van der Waals surface area contributed by atoms with Gasteiger partial charge in [-0.25, -0.2) is 12.8 Å². The predicted molar refractivity (Wildman–Crippen MR) is 90.8 cm³/mol. The van der Waals surface area contributed by atoms with Crippen LogP contribution in [0.4, 0.5) is 4.39 Å². The van der Waals surface area contributed by atoms with E-state index in [0.717, 1.165) is 5.56 Å². The van der Waals surface area contributed by atoms with E-state index in [1.807, 2.05) is 11.0 Å². The predicted octanol–water partition coefficient (Wildman–Crippen LogP) is 1.72. The summed E-state index contributed by atoms with van der Waals surface area (Å²) in [6.07, 6.45) is 0. The van der Waals surface area contributed by atoms with Crippen molar-refractivity contribution in [3.05, 3.63) is 35.1 Å². The summed E-state index contributed by atoms with van der Waals surface area (Å²) in [5.41, 5.74) is 1.43. The monoisotopic (exact) mass is 341 g/mol. The highest BCUT2D eigenvalue weighted by Crippen LogP contribution is 2.23. The van der Waals surface area contributed by atoms with Crippen LogP contribution in [-0.4, -0.2) is 49.9 Å². The van der Waals surface area contributed by atoms with Gasteiger partial charge in [0.1, 0.15) is 5.82 Å². The summed E-state index contributed by atoms with van der Waals surface area (Å²) in [5, 5.41) is 3.18. The molecule has 1 N–H and O–H groups in total. The number of nitrogens with zero attached hydrogens (tertiary/aromatic N) is 2. The molecule has 0 spiro atoms. The smallest absolute Gasteiger partial charge is 0.193 e. The largest absolute Gasteiger partial charge is 0.352 e. The molecule has 1 aliphatic rings. The Hall–Kier alpha value is -1.63. The van der Waals surface area contributed by atoms with E-state index < -0.39 is 14.6 Å². The Bertz CT molecular complexity index is 714. The van der Waals surface area contributed by atoms with Crippen molar-refractivity contribution in [3.63, 3.8) is 0 Å². The Morgan fingerprint density at radius 2 is 2.13 bits per heavy atom. The van der Waals surface area contributed by atoms with Gasteiger partial charge in [-0.3, -0.25) is 4.99 Å². The Morgan fingerprint density at radius 1 is 1.43 bits per heavy atom. The van der Waals surface area contributed by atoms with Gasteiger partial charge in [-0.1, -0.05) is 12.1 Å². The molecule has 7 heteroatoms. The van der Waals surface area contributed by atoms with Gasteiger partial charge in [-0.15, -0.1) is 0 Å². The molecule has 0 bridgehead atoms. The van der Waals surface area contributed by atoms with E-state index >= 15 is 0 Å². The van der Waals surface area contributed by atoms with Gasteiger partial charge in [0, 0.05) is 26.7 Å². The Kier molecular flexibility index (Phi) is 4.98. The molecule has 0 radical (unpaired) electrons. The second-order valence-corrected chi connectivity index (χ2v) is 9.23. The van der Waals surface area contributed by atoms with E-state index in [1.54, 1.807) is 33.9 Å². The molecule has 5 nitrogen and oxygen atoms in total. The lowest BCUT2D eigenvalue weighted by Crippen LogP contribution is -2.57. The fraction of sp³-hybridized carbons (Fsp3) is 0.562. The minimum absolute atomic E-state index is 0.111. The lowest BCUT2D eigenvalue weighted by atomic mass is 10.1. The van der Waals surface area contributed by atoms with Crippen LogP contribution in [0.15, 0.2) is 23.2 Å². The van der Waals surface area contributed by atoms with Crippen LogP contribution < -0.4 is 5.32 Å². The number of aryl methyl sites for hydroxylation is 1. The fourth-order valence-electron chi connectivity index (χ4n) is 2.58. The van der Waals surface area contributed by atoms with Crippen molar-refractivity contribution < 1.29 is 12.8 Å². The summed E-state index contributed by atoms with van der Waals surface area (Å²) in [6.45, 7) is 6.43. The van der Waals surface area contributed by atoms with E-state index in [0.29, 0.717) is 31.2 Å². The number of hydrogen-bond acceptors (Lipinski definition) is 3. The summed E-state index contributed by atoms with van der Waals surface area (Å²) in [6, 6.07) is 5.11. The number of halogens is 1. The minimum Gasteiger partial charge on any atom is -0.352 e. The first-order chi connectivity index (χ1) is 10.7. The van der Waals surface area contributed by atoms with Crippen LogP contribution >= 0.6 is 0 Å². The van der Waals surface area contributed by atoms with Crippen LogP contribution in [-0.2, 0) is 16.4 Å². The van der Waals surface area contributed by atoms with Crippen molar-refractivity contribution >= 4 is 15.8 Å². The Labute approximate surface area is 137 Å². The molecule has 1 aromatic carbocycles. The van der Waals surface area contributed by atoms with E-state index in [1.165, 1.54) is 6.07 Å². The molecule has 0 aromatic heterocycles. The molecule has 2 rings (SSSR count). The normalized spacial score (nSPS) is 20.4. The molecule has 0 saturated carbocycles. The molecule has 0 atom stereocenters. The van der Waals surface area contributed by atoms with Crippen LogP contribution in [0.3, 0.4) is 0 Å². The molecule has 1 aromatic rings. The van der Waals surface area contributed by atoms with Crippen molar-refractivity contribution in [2.24, 2.45) is 4.99 Å². The molecule has 1 heterocycles. The molecular weight excluding hydrogens is 317 g/mol.